The number of amides is 2. The fraction of sp³-hybridized carbons (Fsp3) is 0.462. The number of sulfonamides is 1. The standard InChI is InChI=1S/C26H36ClN3O5S/c1-6-8-14-28-26(32)24(7-2)29(17-20-10-9-11-22(15-20)35-4)25(31)18-30(36(5,33)34)21-13-12-19(3)23(27)16-21/h9-13,15-16,24H,6-8,14,17-18H2,1-5H3,(H,28,32)/t24-/m1/s1. The number of hydrogen-bond donors (Lipinski definition) is 1. The van der Waals surface area contributed by atoms with Gasteiger partial charge in [0.2, 0.25) is 21.8 Å². The van der Waals surface area contributed by atoms with Gasteiger partial charge in [-0.25, -0.2) is 8.42 Å². The minimum Gasteiger partial charge on any atom is -0.497 e. The van der Waals surface area contributed by atoms with Crippen molar-refractivity contribution in [2.45, 2.75) is 52.6 Å². The number of halogens is 1. The smallest absolute Gasteiger partial charge is 0.244 e. The Morgan fingerprint density at radius 2 is 1.86 bits per heavy atom. The molecule has 0 spiro atoms. The van der Waals surface area contributed by atoms with Gasteiger partial charge in [-0.3, -0.25) is 13.9 Å². The molecule has 0 saturated carbocycles. The number of nitrogens with zero attached hydrogens (tertiary/aromatic N) is 2. The first-order valence-electron chi connectivity index (χ1n) is 12.0. The van der Waals surface area contributed by atoms with Crippen LogP contribution in [0.15, 0.2) is 42.5 Å². The molecule has 2 aromatic carbocycles. The first-order chi connectivity index (χ1) is 17.0. The molecule has 0 aromatic heterocycles. The second kappa shape index (κ2) is 13.5. The lowest BCUT2D eigenvalue weighted by Crippen LogP contribution is -2.52. The molecule has 36 heavy (non-hydrogen) atoms. The Hall–Kier alpha value is -2.78. The van der Waals surface area contributed by atoms with E-state index >= 15 is 0 Å². The van der Waals surface area contributed by atoms with Gasteiger partial charge in [-0.2, -0.15) is 0 Å². The summed E-state index contributed by atoms with van der Waals surface area (Å²) in [4.78, 5) is 28.2. The third-order valence-electron chi connectivity index (χ3n) is 5.83. The van der Waals surface area contributed by atoms with Crippen molar-refractivity contribution < 1.29 is 22.7 Å². The predicted octanol–water partition coefficient (Wildman–Crippen LogP) is 4.15. The van der Waals surface area contributed by atoms with Crippen LogP contribution in [0, 0.1) is 6.92 Å². The van der Waals surface area contributed by atoms with Crippen LogP contribution >= 0.6 is 11.6 Å². The van der Waals surface area contributed by atoms with E-state index in [4.69, 9.17) is 16.3 Å². The van der Waals surface area contributed by atoms with Crippen molar-refractivity contribution in [1.29, 1.82) is 0 Å². The molecular weight excluding hydrogens is 502 g/mol. The number of hydrogen-bond acceptors (Lipinski definition) is 5. The molecule has 0 bridgehead atoms. The molecule has 0 aliphatic heterocycles. The number of nitrogens with one attached hydrogen (secondary N) is 1. The third kappa shape index (κ3) is 8.13. The van der Waals surface area contributed by atoms with Gasteiger partial charge >= 0.3 is 0 Å². The molecule has 2 amide bonds. The van der Waals surface area contributed by atoms with Crippen molar-refractivity contribution in [2.75, 3.05) is 30.8 Å². The number of rotatable bonds is 13. The van der Waals surface area contributed by atoms with Crippen molar-refractivity contribution in [1.82, 2.24) is 10.2 Å². The van der Waals surface area contributed by atoms with Crippen molar-refractivity contribution in [3.8, 4) is 5.75 Å². The SMILES string of the molecule is CCCCNC(=O)[C@@H](CC)N(Cc1cccc(OC)c1)C(=O)CN(c1ccc(C)c(Cl)c1)S(C)(=O)=O. The van der Waals surface area contributed by atoms with E-state index in [0.29, 0.717) is 23.7 Å². The van der Waals surface area contributed by atoms with Gasteiger partial charge < -0.3 is 15.0 Å². The molecule has 1 N–H and O–H groups in total. The van der Waals surface area contributed by atoms with Crippen LogP contribution in [-0.2, 0) is 26.2 Å². The van der Waals surface area contributed by atoms with E-state index < -0.39 is 28.5 Å². The number of unbranched alkanes of at least 4 members (excludes halogenated alkanes) is 1. The van der Waals surface area contributed by atoms with Crippen LogP contribution in [0.25, 0.3) is 0 Å². The Bertz CT molecular complexity index is 1160. The lowest BCUT2D eigenvalue weighted by molar-refractivity contribution is -0.140. The zero-order chi connectivity index (χ0) is 26.9. The van der Waals surface area contributed by atoms with Crippen LogP contribution in [0.4, 0.5) is 5.69 Å². The molecule has 1 atom stereocenters. The average molecular weight is 538 g/mol. The van der Waals surface area contributed by atoms with Crippen LogP contribution in [0.1, 0.15) is 44.2 Å². The summed E-state index contributed by atoms with van der Waals surface area (Å²) < 4.78 is 31.7. The van der Waals surface area contributed by atoms with E-state index in [0.717, 1.165) is 34.5 Å². The molecule has 10 heteroatoms. The number of ether oxygens (including phenoxy) is 1. The molecule has 8 nitrogen and oxygen atoms in total. The summed E-state index contributed by atoms with van der Waals surface area (Å²) >= 11 is 6.24. The molecule has 0 aliphatic carbocycles. The zero-order valence-electron chi connectivity index (χ0n) is 21.6. The average Bonchev–Trinajstić information content (AvgIpc) is 2.83. The quantitative estimate of drug-likeness (QED) is 0.387. The maximum atomic E-state index is 13.7. The fourth-order valence-electron chi connectivity index (χ4n) is 3.74. The highest BCUT2D eigenvalue weighted by Gasteiger charge is 2.31. The van der Waals surface area contributed by atoms with Gasteiger partial charge in [0.1, 0.15) is 18.3 Å². The first kappa shape index (κ1) is 29.5. The molecule has 0 aliphatic rings. The number of benzene rings is 2. The van der Waals surface area contributed by atoms with E-state index in [2.05, 4.69) is 5.32 Å². The van der Waals surface area contributed by atoms with Gasteiger partial charge in [0, 0.05) is 18.1 Å². The summed E-state index contributed by atoms with van der Waals surface area (Å²) in [7, 11) is -2.27. The largest absolute Gasteiger partial charge is 0.497 e. The minimum absolute atomic E-state index is 0.113. The molecule has 0 saturated heterocycles. The molecule has 2 rings (SSSR count). The lowest BCUT2D eigenvalue weighted by Gasteiger charge is -2.33. The van der Waals surface area contributed by atoms with E-state index in [9.17, 15) is 18.0 Å². The summed E-state index contributed by atoms with van der Waals surface area (Å²) in [5.41, 5.74) is 1.82. The summed E-state index contributed by atoms with van der Waals surface area (Å²) in [5.74, 6) is -0.156. The Morgan fingerprint density at radius 1 is 1.14 bits per heavy atom. The number of carbonyl (C=O) groups excluding carboxylic acids is 2. The fourth-order valence-corrected chi connectivity index (χ4v) is 4.76. The second-order valence-corrected chi connectivity index (χ2v) is 11.0. The molecule has 0 fully saturated rings. The van der Waals surface area contributed by atoms with Gasteiger partial charge in [-0.15, -0.1) is 0 Å². The van der Waals surface area contributed by atoms with Gasteiger partial charge in [0.05, 0.1) is 19.1 Å². The summed E-state index contributed by atoms with van der Waals surface area (Å²) in [6, 6.07) is 11.3. The highest BCUT2D eigenvalue weighted by atomic mass is 35.5. The first-order valence-corrected chi connectivity index (χ1v) is 14.2. The normalized spacial score (nSPS) is 12.1. The molecular formula is C26H36ClN3O5S. The monoisotopic (exact) mass is 537 g/mol. The molecule has 198 valence electrons. The molecule has 2 aromatic rings. The minimum atomic E-state index is -3.82. The summed E-state index contributed by atoms with van der Waals surface area (Å²) in [5, 5.41) is 3.29. The van der Waals surface area contributed by atoms with Crippen LogP contribution in [0.3, 0.4) is 0 Å². The Balaban J connectivity index is 2.44. The van der Waals surface area contributed by atoms with Gasteiger partial charge in [-0.1, -0.05) is 50.1 Å². The van der Waals surface area contributed by atoms with E-state index in [-0.39, 0.29) is 18.1 Å². The van der Waals surface area contributed by atoms with Crippen molar-refractivity contribution in [3.05, 3.63) is 58.6 Å². The number of carbonyl (C=O) groups is 2. The van der Waals surface area contributed by atoms with E-state index in [1.54, 1.807) is 44.4 Å². The van der Waals surface area contributed by atoms with Gasteiger partial charge in [-0.05, 0) is 55.2 Å². The summed E-state index contributed by atoms with van der Waals surface area (Å²) in [6.07, 6.45) is 3.14. The maximum Gasteiger partial charge on any atom is 0.244 e. The topological polar surface area (TPSA) is 96.0 Å². The molecule has 0 radical (unpaired) electrons. The number of methoxy groups -OCH3 is 1. The summed E-state index contributed by atoms with van der Waals surface area (Å²) in [6.45, 7) is 5.80. The van der Waals surface area contributed by atoms with Crippen LogP contribution in [0.2, 0.25) is 5.02 Å². The highest BCUT2D eigenvalue weighted by molar-refractivity contribution is 7.92. The lowest BCUT2D eigenvalue weighted by atomic mass is 10.1. The van der Waals surface area contributed by atoms with Crippen molar-refractivity contribution >= 4 is 39.1 Å². The van der Waals surface area contributed by atoms with Gasteiger partial charge in [0.15, 0.2) is 0 Å². The van der Waals surface area contributed by atoms with Gasteiger partial charge in [0.25, 0.3) is 0 Å². The van der Waals surface area contributed by atoms with Crippen molar-refractivity contribution in [3.63, 3.8) is 0 Å². The van der Waals surface area contributed by atoms with Crippen LogP contribution in [0.5, 0.6) is 5.75 Å². The predicted molar refractivity (Wildman–Crippen MR) is 144 cm³/mol. The van der Waals surface area contributed by atoms with Crippen molar-refractivity contribution in [2.24, 2.45) is 0 Å². The van der Waals surface area contributed by atoms with Crippen LogP contribution < -0.4 is 14.4 Å². The number of aryl methyl sites for hydroxylation is 1. The second-order valence-electron chi connectivity index (χ2n) is 8.64. The molecule has 0 heterocycles. The van der Waals surface area contributed by atoms with Crippen LogP contribution in [-0.4, -0.2) is 57.6 Å². The third-order valence-corrected chi connectivity index (χ3v) is 7.37. The molecule has 0 unspecified atom stereocenters. The maximum absolute atomic E-state index is 13.7. The number of anilines is 1. The van der Waals surface area contributed by atoms with E-state index in [1.165, 1.54) is 11.0 Å². The van der Waals surface area contributed by atoms with E-state index in [1.807, 2.05) is 19.9 Å². The zero-order valence-corrected chi connectivity index (χ0v) is 23.2. The Labute approximate surface area is 219 Å². The Kier molecular flexibility index (Phi) is 11.0. The Morgan fingerprint density at radius 3 is 2.44 bits per heavy atom. The highest BCUT2D eigenvalue weighted by Crippen LogP contribution is 2.26.